The number of amides is 2. The number of imide groups is 1. The van der Waals surface area contributed by atoms with Crippen molar-refractivity contribution in [3.8, 4) is 5.75 Å². The van der Waals surface area contributed by atoms with Crippen LogP contribution < -0.4 is 14.7 Å². The van der Waals surface area contributed by atoms with Crippen LogP contribution in [0.15, 0.2) is 103 Å². The monoisotopic (exact) mass is 555 g/mol. The van der Waals surface area contributed by atoms with Crippen molar-refractivity contribution in [3.63, 3.8) is 0 Å². The number of ether oxygens (including phenoxy) is 1. The first-order chi connectivity index (χ1) is 19.4. The normalized spacial score (nSPS) is 20.1. The molecular weight excluding hydrogens is 534 g/mol. The van der Waals surface area contributed by atoms with Gasteiger partial charge in [-0.15, -0.1) is 0 Å². The van der Waals surface area contributed by atoms with Gasteiger partial charge in [-0.05, 0) is 47.5 Å². The van der Waals surface area contributed by atoms with Gasteiger partial charge in [0.05, 0.1) is 22.3 Å². The zero-order chi connectivity index (χ0) is 27.8. The Labute approximate surface area is 234 Å². The molecule has 3 atom stereocenters. The van der Waals surface area contributed by atoms with Gasteiger partial charge in [-0.2, -0.15) is 0 Å². The van der Waals surface area contributed by atoms with E-state index in [1.54, 1.807) is 5.06 Å². The number of hydrogen-bond donors (Lipinski definition) is 0. The van der Waals surface area contributed by atoms with Crippen molar-refractivity contribution in [1.82, 2.24) is 0 Å². The summed E-state index contributed by atoms with van der Waals surface area (Å²) in [5.74, 6) is -1.35. The summed E-state index contributed by atoms with van der Waals surface area (Å²) in [5.41, 5.74) is 2.13. The molecule has 2 amide bonds. The average molecular weight is 556 g/mol. The highest BCUT2D eigenvalue weighted by Gasteiger charge is 2.60. The summed E-state index contributed by atoms with van der Waals surface area (Å²) in [7, 11) is 0. The highest BCUT2D eigenvalue weighted by molar-refractivity contribution is 6.33. The summed E-state index contributed by atoms with van der Waals surface area (Å²) in [4.78, 5) is 45.2. The maximum Gasteiger partial charge on any atom is 0.289 e. The fraction of sp³-hybridized carbons (Fsp3) is 0.133. The van der Waals surface area contributed by atoms with Crippen molar-refractivity contribution in [2.24, 2.45) is 5.92 Å². The van der Waals surface area contributed by atoms with Gasteiger partial charge in [0.25, 0.3) is 11.6 Å². The first kappa shape index (κ1) is 25.5. The van der Waals surface area contributed by atoms with Crippen LogP contribution in [-0.4, -0.2) is 22.8 Å². The van der Waals surface area contributed by atoms with Crippen molar-refractivity contribution in [2.75, 3.05) is 9.96 Å². The predicted octanol–water partition coefficient (Wildman–Crippen LogP) is 5.88. The number of nitrogens with zero attached hydrogens (tertiary/aromatic N) is 3. The SMILES string of the molecule is O=C1C2ON(c3ccccc3)C(c3ccc(OCc4ccccc4)cc3)C2C(=O)N1c1ccc(Cl)c([N+](=O)[O-])c1. The van der Waals surface area contributed by atoms with Crippen molar-refractivity contribution in [1.29, 1.82) is 0 Å². The summed E-state index contributed by atoms with van der Waals surface area (Å²) in [6, 6.07) is 29.5. The van der Waals surface area contributed by atoms with E-state index in [-0.39, 0.29) is 10.7 Å². The Morgan fingerprint density at radius 3 is 2.20 bits per heavy atom. The molecule has 6 rings (SSSR count). The number of hydrogen-bond acceptors (Lipinski definition) is 7. The van der Waals surface area contributed by atoms with Gasteiger partial charge in [-0.25, -0.2) is 9.96 Å². The highest BCUT2D eigenvalue weighted by atomic mass is 35.5. The molecule has 0 saturated carbocycles. The van der Waals surface area contributed by atoms with Gasteiger partial charge in [0.1, 0.15) is 23.3 Å². The molecule has 2 heterocycles. The van der Waals surface area contributed by atoms with E-state index in [0.29, 0.717) is 18.0 Å². The smallest absolute Gasteiger partial charge is 0.289 e. The minimum absolute atomic E-state index is 0.0683. The van der Waals surface area contributed by atoms with Crippen LogP contribution in [0.4, 0.5) is 17.1 Å². The predicted molar refractivity (Wildman–Crippen MR) is 148 cm³/mol. The van der Waals surface area contributed by atoms with Crippen molar-refractivity contribution in [3.05, 3.63) is 129 Å². The molecule has 3 unspecified atom stereocenters. The van der Waals surface area contributed by atoms with Gasteiger partial charge in [0, 0.05) is 6.07 Å². The van der Waals surface area contributed by atoms with E-state index in [9.17, 15) is 19.7 Å². The molecule has 2 fully saturated rings. The number of carbonyl (C=O) groups is 2. The minimum atomic E-state index is -1.11. The Balaban J connectivity index is 1.32. The van der Waals surface area contributed by atoms with Crippen LogP contribution in [0.25, 0.3) is 0 Å². The number of carbonyl (C=O) groups excluding carboxylic acids is 2. The average Bonchev–Trinajstić information content (AvgIpc) is 3.49. The molecule has 10 heteroatoms. The summed E-state index contributed by atoms with van der Waals surface area (Å²) in [5, 5.41) is 12.9. The Kier molecular flexibility index (Phi) is 6.67. The van der Waals surface area contributed by atoms with Gasteiger partial charge in [-0.3, -0.25) is 24.5 Å². The van der Waals surface area contributed by atoms with E-state index in [4.69, 9.17) is 21.2 Å². The third-order valence-electron chi connectivity index (χ3n) is 6.98. The third kappa shape index (κ3) is 4.55. The second-order valence-electron chi connectivity index (χ2n) is 9.41. The van der Waals surface area contributed by atoms with Crippen LogP contribution in [-0.2, 0) is 21.0 Å². The molecule has 0 spiro atoms. The highest BCUT2D eigenvalue weighted by Crippen LogP contribution is 2.48. The fourth-order valence-corrected chi connectivity index (χ4v) is 5.28. The topological polar surface area (TPSA) is 102 Å². The van der Waals surface area contributed by atoms with Crippen LogP contribution in [0.2, 0.25) is 5.02 Å². The fourth-order valence-electron chi connectivity index (χ4n) is 5.09. The maximum absolute atomic E-state index is 13.8. The molecule has 9 nitrogen and oxygen atoms in total. The van der Waals surface area contributed by atoms with Crippen LogP contribution in [0, 0.1) is 16.0 Å². The molecular formula is C30H22ClN3O6. The van der Waals surface area contributed by atoms with E-state index in [0.717, 1.165) is 22.1 Å². The zero-order valence-corrected chi connectivity index (χ0v) is 21.7. The quantitative estimate of drug-likeness (QED) is 0.159. The number of fused-ring (bicyclic) bond motifs is 1. The second kappa shape index (κ2) is 10.4. The lowest BCUT2D eigenvalue weighted by Crippen LogP contribution is -2.37. The molecule has 0 radical (unpaired) electrons. The second-order valence-corrected chi connectivity index (χ2v) is 9.81. The van der Waals surface area contributed by atoms with Gasteiger partial charge in [0.2, 0.25) is 5.91 Å². The lowest BCUT2D eigenvalue weighted by molar-refractivity contribution is -0.384. The van der Waals surface area contributed by atoms with Crippen molar-refractivity contribution in [2.45, 2.75) is 18.8 Å². The standard InChI is InChI=1S/C30H22ClN3O6/c31-24-16-13-22(17-25(24)34(37)38)32-29(35)26-27(33(40-28(26)30(32)36)21-9-5-2-6-10-21)20-11-14-23(15-12-20)39-18-19-7-3-1-4-8-19/h1-17,26-28H,18H2. The summed E-state index contributed by atoms with van der Waals surface area (Å²) >= 11 is 5.95. The Morgan fingerprint density at radius 1 is 0.850 bits per heavy atom. The summed E-state index contributed by atoms with van der Waals surface area (Å²) < 4.78 is 5.92. The number of halogens is 1. The molecule has 0 aliphatic carbocycles. The maximum atomic E-state index is 13.8. The largest absolute Gasteiger partial charge is 0.489 e. The van der Waals surface area contributed by atoms with Crippen LogP contribution in [0.1, 0.15) is 17.2 Å². The molecule has 2 saturated heterocycles. The Hall–Kier alpha value is -4.73. The number of para-hydroxylation sites is 1. The molecule has 200 valence electrons. The minimum Gasteiger partial charge on any atom is -0.489 e. The number of hydroxylamine groups is 1. The van der Waals surface area contributed by atoms with Gasteiger partial charge in [-0.1, -0.05) is 72.3 Å². The first-order valence-electron chi connectivity index (χ1n) is 12.5. The van der Waals surface area contributed by atoms with Crippen LogP contribution >= 0.6 is 11.6 Å². The van der Waals surface area contributed by atoms with E-state index >= 15 is 0 Å². The van der Waals surface area contributed by atoms with E-state index in [1.807, 2.05) is 84.9 Å². The Bertz CT molecular complexity index is 1580. The molecule has 2 aliphatic heterocycles. The van der Waals surface area contributed by atoms with E-state index in [1.165, 1.54) is 12.1 Å². The summed E-state index contributed by atoms with van der Waals surface area (Å²) in [6.07, 6.45) is -1.11. The first-order valence-corrected chi connectivity index (χ1v) is 12.9. The number of benzene rings is 4. The van der Waals surface area contributed by atoms with Crippen LogP contribution in [0.3, 0.4) is 0 Å². The molecule has 4 aromatic carbocycles. The molecule has 0 aromatic heterocycles. The Morgan fingerprint density at radius 2 is 1.52 bits per heavy atom. The lowest BCUT2D eigenvalue weighted by Gasteiger charge is -2.28. The third-order valence-corrected chi connectivity index (χ3v) is 7.30. The van der Waals surface area contributed by atoms with Gasteiger partial charge in [0.15, 0.2) is 6.10 Å². The molecule has 40 heavy (non-hydrogen) atoms. The van der Waals surface area contributed by atoms with Gasteiger partial charge >= 0.3 is 0 Å². The molecule has 2 aliphatic rings. The number of anilines is 2. The molecule has 0 N–H and O–H groups in total. The van der Waals surface area contributed by atoms with Crippen LogP contribution in [0.5, 0.6) is 5.75 Å². The molecule has 4 aromatic rings. The summed E-state index contributed by atoms with van der Waals surface area (Å²) in [6.45, 7) is 0.405. The van der Waals surface area contributed by atoms with Crippen molar-refractivity contribution < 1.29 is 24.1 Å². The van der Waals surface area contributed by atoms with Gasteiger partial charge < -0.3 is 4.74 Å². The van der Waals surface area contributed by atoms with Crippen molar-refractivity contribution >= 4 is 40.5 Å². The van der Waals surface area contributed by atoms with E-state index < -0.39 is 40.5 Å². The lowest BCUT2D eigenvalue weighted by atomic mass is 9.90. The molecule has 0 bridgehead atoms. The van der Waals surface area contributed by atoms with E-state index in [2.05, 4.69) is 0 Å². The number of nitro groups is 1. The number of nitro benzene ring substituents is 1. The zero-order valence-electron chi connectivity index (χ0n) is 20.9. The number of rotatable bonds is 7.